The number of sulfonamides is 1. The summed E-state index contributed by atoms with van der Waals surface area (Å²) < 4.78 is 27.7. The third kappa shape index (κ3) is 5.95. The number of rotatable bonds is 7. The molecule has 0 aliphatic rings. The number of aryl methyl sites for hydroxylation is 1. The Kier molecular flexibility index (Phi) is 8.80. The van der Waals surface area contributed by atoms with Crippen LogP contribution in [0.25, 0.3) is 15.8 Å². The van der Waals surface area contributed by atoms with E-state index in [9.17, 15) is 13.2 Å². The molecule has 140 valence electrons. The second kappa shape index (κ2) is 10.6. The van der Waals surface area contributed by atoms with Crippen LogP contribution in [-0.4, -0.2) is 20.6 Å². The zero-order chi connectivity index (χ0) is 19.3. The molecule has 0 saturated carbocycles. The summed E-state index contributed by atoms with van der Waals surface area (Å²) >= 11 is 2.73. The van der Waals surface area contributed by atoms with Crippen molar-refractivity contribution < 1.29 is 42.8 Å². The number of carbonyl (C=O) groups excluding carboxylic acids is 1. The van der Waals surface area contributed by atoms with Gasteiger partial charge in [0.1, 0.15) is 14.2 Å². The molecular weight excluding hydrogens is 421 g/mol. The van der Waals surface area contributed by atoms with E-state index in [1.54, 1.807) is 23.2 Å². The van der Waals surface area contributed by atoms with Crippen LogP contribution in [0.1, 0.15) is 12.0 Å². The van der Waals surface area contributed by atoms with Crippen molar-refractivity contribution in [3.8, 4) is 11.1 Å². The fourth-order valence-electron chi connectivity index (χ4n) is 2.69. The number of amides is 1. The first kappa shape index (κ1) is 23.2. The monoisotopic (exact) mass is 439 g/mol. The van der Waals surface area contributed by atoms with Gasteiger partial charge in [-0.1, -0.05) is 42.5 Å². The molecule has 0 fully saturated rings. The van der Waals surface area contributed by atoms with Gasteiger partial charge >= 0.3 is 29.6 Å². The van der Waals surface area contributed by atoms with Crippen molar-refractivity contribution in [2.75, 3.05) is 6.26 Å². The molecule has 3 aromatic rings. The van der Waals surface area contributed by atoms with E-state index in [2.05, 4.69) is 16.9 Å². The number of carbonyl (C=O) groups is 1. The van der Waals surface area contributed by atoms with Crippen molar-refractivity contribution in [3.63, 3.8) is 0 Å². The maximum absolute atomic E-state index is 12.1. The fourth-order valence-corrected chi connectivity index (χ4v) is 5.06. The van der Waals surface area contributed by atoms with Crippen molar-refractivity contribution in [2.45, 2.75) is 21.9 Å². The average Bonchev–Trinajstić information content (AvgIpc) is 3.22. The minimum atomic E-state index is -3.90. The Bertz CT molecular complexity index is 1030. The van der Waals surface area contributed by atoms with Crippen molar-refractivity contribution in [1.29, 1.82) is 0 Å². The number of hydrogen-bond donors (Lipinski definition) is 0. The molecule has 0 saturated heterocycles. The van der Waals surface area contributed by atoms with Gasteiger partial charge in [0.2, 0.25) is 0 Å². The fraction of sp³-hybridized carbons (Fsp3) is 0.150. The molecule has 4 nitrogen and oxygen atoms in total. The van der Waals surface area contributed by atoms with E-state index in [4.69, 9.17) is 0 Å². The first-order chi connectivity index (χ1) is 13.0. The predicted molar refractivity (Wildman–Crippen MR) is 112 cm³/mol. The Morgan fingerprint density at radius 1 is 1.07 bits per heavy atom. The molecule has 2 aromatic carbocycles. The Hall–Kier alpha value is -1.09. The van der Waals surface area contributed by atoms with Crippen LogP contribution in [0.4, 0.5) is 0 Å². The SMILES string of the molecule is CSc1cccc(-c2ccccc2CCC(=O)[N-]S(=O)(=O)c2cccs2)c1.[Na+]. The first-order valence-corrected chi connectivity index (χ1v) is 11.8. The molecule has 1 aromatic heterocycles. The van der Waals surface area contributed by atoms with Crippen LogP contribution in [0.5, 0.6) is 0 Å². The third-order valence-corrected chi connectivity index (χ3v) is 7.37. The van der Waals surface area contributed by atoms with Gasteiger partial charge in [-0.15, -0.1) is 23.1 Å². The quantitative estimate of drug-likeness (QED) is 0.419. The zero-order valence-corrected chi connectivity index (χ0v) is 20.1. The molecule has 0 N–H and O–H groups in total. The molecule has 0 aliphatic carbocycles. The number of thiophene rings is 1. The van der Waals surface area contributed by atoms with Gasteiger partial charge in [0, 0.05) is 4.90 Å². The largest absolute Gasteiger partial charge is 1.00 e. The summed E-state index contributed by atoms with van der Waals surface area (Å²) in [4.78, 5) is 13.3. The minimum absolute atomic E-state index is 0. The minimum Gasteiger partial charge on any atom is -0.541 e. The Morgan fingerprint density at radius 3 is 2.57 bits per heavy atom. The van der Waals surface area contributed by atoms with Crippen molar-refractivity contribution >= 4 is 39.0 Å². The number of benzene rings is 2. The van der Waals surface area contributed by atoms with Crippen LogP contribution in [-0.2, 0) is 21.2 Å². The normalized spacial score (nSPS) is 10.9. The van der Waals surface area contributed by atoms with E-state index < -0.39 is 15.9 Å². The maximum Gasteiger partial charge on any atom is 1.00 e. The summed E-state index contributed by atoms with van der Waals surface area (Å²) in [7, 11) is -3.90. The molecular formula is C20H18NNaO3S3. The molecule has 1 heterocycles. The summed E-state index contributed by atoms with van der Waals surface area (Å²) in [5.41, 5.74) is 3.11. The van der Waals surface area contributed by atoms with Gasteiger partial charge in [-0.2, -0.15) is 0 Å². The van der Waals surface area contributed by atoms with Gasteiger partial charge in [-0.3, -0.25) is 0 Å². The first-order valence-electron chi connectivity index (χ1n) is 8.26. The van der Waals surface area contributed by atoms with E-state index in [1.807, 2.05) is 42.7 Å². The number of nitrogens with zero attached hydrogens (tertiary/aromatic N) is 1. The average molecular weight is 440 g/mol. The maximum atomic E-state index is 12.1. The van der Waals surface area contributed by atoms with Crippen molar-refractivity contribution in [3.05, 3.63) is 76.3 Å². The van der Waals surface area contributed by atoms with Gasteiger partial charge in [-0.25, -0.2) is 8.42 Å². The topological polar surface area (TPSA) is 65.3 Å². The van der Waals surface area contributed by atoms with Gasteiger partial charge in [-0.05, 0) is 59.4 Å². The molecule has 3 rings (SSSR count). The summed E-state index contributed by atoms with van der Waals surface area (Å²) in [5, 5.41) is 1.64. The second-order valence-corrected chi connectivity index (χ2v) is 9.44. The van der Waals surface area contributed by atoms with E-state index in [1.165, 1.54) is 6.07 Å². The molecule has 0 aliphatic heterocycles. The van der Waals surface area contributed by atoms with E-state index in [-0.39, 0.29) is 40.2 Å². The number of hydrogen-bond acceptors (Lipinski definition) is 5. The third-order valence-electron chi connectivity index (χ3n) is 3.98. The molecule has 1 amide bonds. The summed E-state index contributed by atoms with van der Waals surface area (Å²) in [5.74, 6) is -0.629. The van der Waals surface area contributed by atoms with Crippen LogP contribution in [0.15, 0.2) is 75.1 Å². The molecule has 0 bridgehead atoms. The summed E-state index contributed by atoms with van der Waals surface area (Å²) in [6.07, 6.45) is 2.50. The van der Waals surface area contributed by atoms with Crippen LogP contribution < -0.4 is 29.6 Å². The van der Waals surface area contributed by atoms with Crippen LogP contribution in [0, 0.1) is 0 Å². The Balaban J connectivity index is 0.00000280. The molecule has 0 unspecified atom stereocenters. The van der Waals surface area contributed by atoms with E-state index >= 15 is 0 Å². The van der Waals surface area contributed by atoms with Gasteiger partial charge in [0.05, 0.1) is 5.91 Å². The van der Waals surface area contributed by atoms with E-state index in [0.717, 1.165) is 32.9 Å². The van der Waals surface area contributed by atoms with Crippen LogP contribution in [0.3, 0.4) is 0 Å². The molecule has 0 spiro atoms. The molecule has 0 atom stereocenters. The Morgan fingerprint density at radius 2 is 1.86 bits per heavy atom. The second-order valence-electron chi connectivity index (χ2n) is 5.78. The summed E-state index contributed by atoms with van der Waals surface area (Å²) in [6.45, 7) is 0. The molecule has 8 heteroatoms. The van der Waals surface area contributed by atoms with Gasteiger partial charge in [0.15, 0.2) is 0 Å². The van der Waals surface area contributed by atoms with Crippen LogP contribution >= 0.6 is 23.1 Å². The standard InChI is InChI=1S/C20H19NO3S3.Na/c1-25-17-8-4-7-16(14-17)18-9-3-2-6-15(18)11-12-19(22)21-27(23,24)20-10-5-13-26-20;/h2-10,13-14H,11-12H2,1H3,(H,21,22);/q;+1/p-1. The van der Waals surface area contributed by atoms with E-state index in [0.29, 0.717) is 6.42 Å². The van der Waals surface area contributed by atoms with Crippen molar-refractivity contribution in [2.24, 2.45) is 0 Å². The Labute approximate surface area is 196 Å². The number of thioether (sulfide) groups is 1. The zero-order valence-electron chi connectivity index (χ0n) is 15.7. The van der Waals surface area contributed by atoms with Gasteiger partial charge in [0.25, 0.3) is 0 Å². The van der Waals surface area contributed by atoms with Crippen LogP contribution in [0.2, 0.25) is 0 Å². The van der Waals surface area contributed by atoms with Crippen molar-refractivity contribution in [1.82, 2.24) is 0 Å². The summed E-state index contributed by atoms with van der Waals surface area (Å²) in [6, 6.07) is 19.1. The molecule has 0 radical (unpaired) electrons. The smallest absolute Gasteiger partial charge is 0.541 e. The van der Waals surface area contributed by atoms with Gasteiger partial charge < -0.3 is 9.52 Å². The predicted octanol–water partition coefficient (Wildman–Crippen LogP) is 2.36. The molecule has 28 heavy (non-hydrogen) atoms.